The highest BCUT2D eigenvalue weighted by atomic mass is 19.1. The third-order valence-electron chi connectivity index (χ3n) is 1.85. The maximum Gasteiger partial charge on any atom is 0.228 e. The SMILES string of the molecule is CC1=CC(C)(C)C=C(OCF)C=C1. The molecule has 13 heavy (non-hydrogen) atoms. The van der Waals surface area contributed by atoms with Gasteiger partial charge in [0, 0.05) is 5.41 Å². The first-order valence-corrected chi connectivity index (χ1v) is 4.33. The molecular formula is C11H15FO. The lowest BCUT2D eigenvalue weighted by atomic mass is 9.91. The summed E-state index contributed by atoms with van der Waals surface area (Å²) in [6, 6.07) is 0. The molecule has 0 amide bonds. The van der Waals surface area contributed by atoms with Crippen molar-refractivity contribution in [3.8, 4) is 0 Å². The quantitative estimate of drug-likeness (QED) is 0.636. The smallest absolute Gasteiger partial charge is 0.228 e. The minimum Gasteiger partial charge on any atom is -0.463 e. The van der Waals surface area contributed by atoms with E-state index in [2.05, 4.69) is 19.9 Å². The van der Waals surface area contributed by atoms with Gasteiger partial charge >= 0.3 is 0 Å². The molecule has 0 saturated heterocycles. The van der Waals surface area contributed by atoms with Gasteiger partial charge in [0.25, 0.3) is 0 Å². The summed E-state index contributed by atoms with van der Waals surface area (Å²) in [6.45, 7) is 5.37. The van der Waals surface area contributed by atoms with Crippen molar-refractivity contribution in [3.63, 3.8) is 0 Å². The summed E-state index contributed by atoms with van der Waals surface area (Å²) in [7, 11) is 0. The molecule has 0 radical (unpaired) electrons. The fourth-order valence-corrected chi connectivity index (χ4v) is 1.46. The first-order valence-electron chi connectivity index (χ1n) is 4.33. The molecule has 0 aromatic heterocycles. The molecule has 2 heteroatoms. The Morgan fingerprint density at radius 2 is 2.00 bits per heavy atom. The second kappa shape index (κ2) is 3.77. The van der Waals surface area contributed by atoms with Crippen molar-refractivity contribution in [2.45, 2.75) is 20.8 Å². The Hall–Kier alpha value is -1.05. The Labute approximate surface area is 78.6 Å². The van der Waals surface area contributed by atoms with Crippen molar-refractivity contribution in [2.24, 2.45) is 5.41 Å². The molecule has 0 N–H and O–H groups in total. The van der Waals surface area contributed by atoms with Crippen LogP contribution in [0.2, 0.25) is 0 Å². The highest BCUT2D eigenvalue weighted by Crippen LogP contribution is 2.26. The van der Waals surface area contributed by atoms with Crippen molar-refractivity contribution < 1.29 is 9.13 Å². The number of ether oxygens (including phenoxy) is 1. The minimum absolute atomic E-state index is 0.0713. The summed E-state index contributed by atoms with van der Waals surface area (Å²) in [5.41, 5.74) is 1.09. The zero-order valence-corrected chi connectivity index (χ0v) is 8.30. The third kappa shape index (κ3) is 3.05. The van der Waals surface area contributed by atoms with Gasteiger partial charge in [-0.25, -0.2) is 4.39 Å². The topological polar surface area (TPSA) is 9.23 Å². The predicted octanol–water partition coefficient (Wildman–Crippen LogP) is 3.36. The van der Waals surface area contributed by atoms with Crippen molar-refractivity contribution in [2.75, 3.05) is 6.86 Å². The summed E-state index contributed by atoms with van der Waals surface area (Å²) in [5.74, 6) is 0.598. The lowest BCUT2D eigenvalue weighted by Gasteiger charge is -2.15. The molecule has 1 aliphatic rings. The molecule has 0 aromatic carbocycles. The maximum atomic E-state index is 11.9. The van der Waals surface area contributed by atoms with Crippen LogP contribution in [0.3, 0.4) is 0 Å². The van der Waals surface area contributed by atoms with E-state index in [9.17, 15) is 4.39 Å². The highest BCUT2D eigenvalue weighted by Gasteiger charge is 2.14. The van der Waals surface area contributed by atoms with Crippen LogP contribution in [0.4, 0.5) is 4.39 Å². The number of hydrogen-bond acceptors (Lipinski definition) is 1. The van der Waals surface area contributed by atoms with Crippen LogP contribution in [-0.4, -0.2) is 6.86 Å². The Balaban J connectivity index is 2.90. The van der Waals surface area contributed by atoms with Gasteiger partial charge in [-0.2, -0.15) is 0 Å². The Morgan fingerprint density at radius 1 is 1.31 bits per heavy atom. The summed E-state index contributed by atoms with van der Waals surface area (Å²) in [4.78, 5) is 0. The number of halogens is 1. The lowest BCUT2D eigenvalue weighted by Crippen LogP contribution is -2.04. The van der Waals surface area contributed by atoms with Gasteiger partial charge in [-0.15, -0.1) is 0 Å². The lowest BCUT2D eigenvalue weighted by molar-refractivity contribution is 0.122. The van der Waals surface area contributed by atoms with E-state index >= 15 is 0 Å². The molecule has 0 aromatic rings. The van der Waals surface area contributed by atoms with Crippen LogP contribution >= 0.6 is 0 Å². The summed E-state index contributed by atoms with van der Waals surface area (Å²) >= 11 is 0. The molecule has 0 saturated carbocycles. The van der Waals surface area contributed by atoms with Gasteiger partial charge in [0.15, 0.2) is 0 Å². The molecule has 1 rings (SSSR count). The highest BCUT2D eigenvalue weighted by molar-refractivity contribution is 5.32. The van der Waals surface area contributed by atoms with E-state index in [1.165, 1.54) is 5.57 Å². The molecule has 0 fully saturated rings. The Bertz CT molecular complexity index is 272. The number of alkyl halides is 1. The second-order valence-electron chi connectivity index (χ2n) is 3.84. The molecule has 0 aliphatic heterocycles. The molecule has 72 valence electrons. The predicted molar refractivity (Wildman–Crippen MR) is 51.8 cm³/mol. The van der Waals surface area contributed by atoms with E-state index in [4.69, 9.17) is 4.74 Å². The van der Waals surface area contributed by atoms with E-state index < -0.39 is 6.86 Å². The van der Waals surface area contributed by atoms with E-state index in [1.54, 1.807) is 6.08 Å². The zero-order chi connectivity index (χ0) is 9.90. The van der Waals surface area contributed by atoms with Crippen LogP contribution in [0, 0.1) is 5.41 Å². The van der Waals surface area contributed by atoms with Crippen LogP contribution in [0.5, 0.6) is 0 Å². The van der Waals surface area contributed by atoms with Gasteiger partial charge in [0.2, 0.25) is 6.86 Å². The van der Waals surface area contributed by atoms with Gasteiger partial charge in [0.05, 0.1) is 0 Å². The van der Waals surface area contributed by atoms with E-state index in [1.807, 2.05) is 19.1 Å². The summed E-state index contributed by atoms with van der Waals surface area (Å²) in [5, 5.41) is 0. The molecule has 0 unspecified atom stereocenters. The van der Waals surface area contributed by atoms with Crippen molar-refractivity contribution in [1.29, 1.82) is 0 Å². The monoisotopic (exact) mass is 182 g/mol. The van der Waals surface area contributed by atoms with Crippen molar-refractivity contribution in [1.82, 2.24) is 0 Å². The molecule has 1 aliphatic carbocycles. The largest absolute Gasteiger partial charge is 0.463 e. The molecule has 0 atom stereocenters. The fraction of sp³-hybridized carbons (Fsp3) is 0.455. The minimum atomic E-state index is -0.773. The number of rotatable bonds is 2. The molecule has 0 heterocycles. The van der Waals surface area contributed by atoms with E-state index in [0.29, 0.717) is 5.76 Å². The number of hydrogen-bond donors (Lipinski definition) is 0. The summed E-state index contributed by atoms with van der Waals surface area (Å²) < 4.78 is 16.8. The molecule has 1 nitrogen and oxygen atoms in total. The standard InChI is InChI=1S/C11H15FO/c1-9-4-5-10(13-8-12)7-11(2,3)6-9/h4-7H,8H2,1-3H3. The Kier molecular flexibility index (Phi) is 2.91. The third-order valence-corrected chi connectivity index (χ3v) is 1.85. The second-order valence-corrected chi connectivity index (χ2v) is 3.84. The fourth-order valence-electron chi connectivity index (χ4n) is 1.46. The normalized spacial score (nSPS) is 20.3. The van der Waals surface area contributed by atoms with Gasteiger partial charge in [-0.3, -0.25) is 0 Å². The van der Waals surface area contributed by atoms with E-state index in [-0.39, 0.29) is 5.41 Å². The Morgan fingerprint density at radius 3 is 2.62 bits per heavy atom. The molecular weight excluding hydrogens is 167 g/mol. The average Bonchev–Trinajstić information content (AvgIpc) is 2.09. The van der Waals surface area contributed by atoms with Crippen molar-refractivity contribution >= 4 is 0 Å². The van der Waals surface area contributed by atoms with Crippen LogP contribution in [0.1, 0.15) is 20.8 Å². The maximum absolute atomic E-state index is 11.9. The van der Waals surface area contributed by atoms with Gasteiger partial charge < -0.3 is 4.74 Å². The van der Waals surface area contributed by atoms with Crippen LogP contribution in [0.25, 0.3) is 0 Å². The number of allylic oxidation sites excluding steroid dienone is 5. The van der Waals surface area contributed by atoms with Gasteiger partial charge in [-0.1, -0.05) is 31.6 Å². The average molecular weight is 182 g/mol. The summed E-state index contributed by atoms with van der Waals surface area (Å²) in [6.07, 6.45) is 7.76. The van der Waals surface area contributed by atoms with Gasteiger partial charge in [-0.05, 0) is 19.1 Å². The van der Waals surface area contributed by atoms with Crippen LogP contribution < -0.4 is 0 Å². The first-order chi connectivity index (χ1) is 6.03. The molecule has 0 spiro atoms. The van der Waals surface area contributed by atoms with Gasteiger partial charge in [0.1, 0.15) is 5.76 Å². The zero-order valence-electron chi connectivity index (χ0n) is 8.30. The van der Waals surface area contributed by atoms with Crippen molar-refractivity contribution in [3.05, 3.63) is 35.6 Å². The molecule has 0 bridgehead atoms. The van der Waals surface area contributed by atoms with E-state index in [0.717, 1.165) is 0 Å². The van der Waals surface area contributed by atoms with Crippen LogP contribution in [-0.2, 0) is 4.74 Å². The van der Waals surface area contributed by atoms with Crippen LogP contribution in [0.15, 0.2) is 35.6 Å². The first kappa shape index (κ1) is 10.0.